The van der Waals surface area contributed by atoms with E-state index in [0.717, 1.165) is 36.2 Å². The molecule has 0 unspecified atom stereocenters. The van der Waals surface area contributed by atoms with E-state index in [1.807, 2.05) is 28.8 Å². The molecule has 0 saturated carbocycles. The normalized spacial score (nSPS) is 12.6. The summed E-state index contributed by atoms with van der Waals surface area (Å²) in [5.41, 5.74) is 4.32. The Morgan fingerprint density at radius 2 is 1.82 bits per heavy atom. The highest BCUT2D eigenvalue weighted by atomic mass is 32.2. The zero-order chi connectivity index (χ0) is 23.2. The summed E-state index contributed by atoms with van der Waals surface area (Å²) in [5, 5.41) is 9.55. The molecule has 1 aromatic heterocycles. The first-order valence-electron chi connectivity index (χ1n) is 11.1. The molecule has 7 nitrogen and oxygen atoms in total. The summed E-state index contributed by atoms with van der Waals surface area (Å²) in [7, 11) is 4.90. The number of carbonyl (C=O) groups is 1. The van der Waals surface area contributed by atoms with Gasteiger partial charge in [-0.2, -0.15) is 0 Å². The quantitative estimate of drug-likeness (QED) is 0.234. The SMILES string of the molecule is COCCCn1c(SCC(=O)c2ccc3c(c2)CCC3)nnc1-c1ccc(OC)c(OC)c1. The summed E-state index contributed by atoms with van der Waals surface area (Å²) in [6, 6.07) is 11.8. The molecule has 4 rings (SSSR count). The fourth-order valence-electron chi connectivity index (χ4n) is 4.11. The number of hydrogen-bond donors (Lipinski definition) is 0. The van der Waals surface area contributed by atoms with E-state index in [9.17, 15) is 4.79 Å². The van der Waals surface area contributed by atoms with Crippen molar-refractivity contribution < 1.29 is 19.0 Å². The van der Waals surface area contributed by atoms with Crippen LogP contribution in [0.4, 0.5) is 0 Å². The molecular weight excluding hydrogens is 438 g/mol. The first-order chi connectivity index (χ1) is 16.1. The first-order valence-corrected chi connectivity index (χ1v) is 12.1. The average molecular weight is 468 g/mol. The molecule has 0 bridgehead atoms. The van der Waals surface area contributed by atoms with Gasteiger partial charge in [0.25, 0.3) is 0 Å². The van der Waals surface area contributed by atoms with Gasteiger partial charge < -0.3 is 18.8 Å². The van der Waals surface area contributed by atoms with Gasteiger partial charge in [0, 0.05) is 31.4 Å². The number of Topliss-reactive ketones (excluding diaryl/α,β-unsaturated/α-hetero) is 1. The molecule has 0 saturated heterocycles. The van der Waals surface area contributed by atoms with Gasteiger partial charge in [0.2, 0.25) is 0 Å². The smallest absolute Gasteiger partial charge is 0.191 e. The third-order valence-corrected chi connectivity index (χ3v) is 6.81. The number of methoxy groups -OCH3 is 3. The minimum atomic E-state index is 0.105. The molecule has 0 fully saturated rings. The van der Waals surface area contributed by atoms with Crippen LogP contribution in [0.15, 0.2) is 41.6 Å². The number of benzene rings is 2. The minimum Gasteiger partial charge on any atom is -0.493 e. The Balaban J connectivity index is 1.55. The van der Waals surface area contributed by atoms with Crippen LogP contribution in [0, 0.1) is 0 Å². The Kier molecular flexibility index (Phi) is 7.67. The summed E-state index contributed by atoms with van der Waals surface area (Å²) < 4.78 is 18.1. The van der Waals surface area contributed by atoms with Crippen LogP contribution in [-0.2, 0) is 24.1 Å². The third kappa shape index (κ3) is 5.23. The lowest BCUT2D eigenvalue weighted by Crippen LogP contribution is -2.08. The molecule has 0 radical (unpaired) electrons. The highest BCUT2D eigenvalue weighted by Gasteiger charge is 2.19. The van der Waals surface area contributed by atoms with E-state index in [4.69, 9.17) is 14.2 Å². The molecule has 2 aromatic carbocycles. The number of rotatable bonds is 11. The molecule has 3 aromatic rings. The zero-order valence-electron chi connectivity index (χ0n) is 19.3. The number of fused-ring (bicyclic) bond motifs is 1. The van der Waals surface area contributed by atoms with Crippen LogP contribution >= 0.6 is 11.8 Å². The predicted molar refractivity (Wildman–Crippen MR) is 129 cm³/mol. The maximum absolute atomic E-state index is 12.9. The number of aromatic nitrogens is 3. The van der Waals surface area contributed by atoms with Gasteiger partial charge in [-0.05, 0) is 61.1 Å². The molecule has 1 heterocycles. The second-order valence-electron chi connectivity index (χ2n) is 7.92. The van der Waals surface area contributed by atoms with E-state index < -0.39 is 0 Å². The molecule has 8 heteroatoms. The Morgan fingerprint density at radius 3 is 2.61 bits per heavy atom. The van der Waals surface area contributed by atoms with Crippen LogP contribution in [0.2, 0.25) is 0 Å². The van der Waals surface area contributed by atoms with E-state index in [1.54, 1.807) is 21.3 Å². The molecule has 0 aliphatic heterocycles. The van der Waals surface area contributed by atoms with Gasteiger partial charge in [-0.3, -0.25) is 4.79 Å². The van der Waals surface area contributed by atoms with Gasteiger partial charge in [0.05, 0.1) is 20.0 Å². The number of ether oxygens (including phenoxy) is 3. The van der Waals surface area contributed by atoms with E-state index >= 15 is 0 Å². The van der Waals surface area contributed by atoms with E-state index in [0.29, 0.717) is 35.6 Å². The number of thioether (sulfide) groups is 1. The largest absolute Gasteiger partial charge is 0.493 e. The fraction of sp³-hybridized carbons (Fsp3) is 0.400. The maximum atomic E-state index is 12.9. The molecule has 1 aliphatic rings. The van der Waals surface area contributed by atoms with Gasteiger partial charge in [-0.1, -0.05) is 23.9 Å². The number of ketones is 1. The zero-order valence-corrected chi connectivity index (χ0v) is 20.1. The second kappa shape index (κ2) is 10.9. The monoisotopic (exact) mass is 467 g/mol. The number of aryl methyl sites for hydroxylation is 2. The second-order valence-corrected chi connectivity index (χ2v) is 8.87. The standard InChI is InChI=1S/C25H29N3O4S/c1-30-13-5-12-28-24(20-10-11-22(31-2)23(15-20)32-3)26-27-25(28)33-16-21(29)19-9-8-17-6-4-7-18(17)14-19/h8-11,14-15H,4-7,12-13,16H2,1-3H3. The topological polar surface area (TPSA) is 75.5 Å². The van der Waals surface area contributed by atoms with Crippen molar-refractivity contribution in [3.8, 4) is 22.9 Å². The lowest BCUT2D eigenvalue weighted by Gasteiger charge is -2.12. The van der Waals surface area contributed by atoms with E-state index in [-0.39, 0.29) is 5.78 Å². The lowest BCUT2D eigenvalue weighted by molar-refractivity contribution is 0.102. The predicted octanol–water partition coefficient (Wildman–Crippen LogP) is 4.46. The Bertz CT molecular complexity index is 1130. The third-order valence-electron chi connectivity index (χ3n) is 5.84. The van der Waals surface area contributed by atoms with Crippen LogP contribution in [-0.4, -0.2) is 54.2 Å². The highest BCUT2D eigenvalue weighted by molar-refractivity contribution is 7.99. The van der Waals surface area contributed by atoms with Gasteiger partial charge in [-0.15, -0.1) is 10.2 Å². The van der Waals surface area contributed by atoms with Crippen molar-refractivity contribution in [2.24, 2.45) is 0 Å². The molecule has 174 valence electrons. The Labute approximate surface area is 198 Å². The Hall–Kier alpha value is -2.84. The van der Waals surface area contributed by atoms with E-state index in [1.165, 1.54) is 29.3 Å². The molecule has 0 amide bonds. The van der Waals surface area contributed by atoms with Gasteiger partial charge in [-0.25, -0.2) is 0 Å². The van der Waals surface area contributed by atoms with Crippen molar-refractivity contribution >= 4 is 17.5 Å². The van der Waals surface area contributed by atoms with Crippen LogP contribution < -0.4 is 9.47 Å². The van der Waals surface area contributed by atoms with Gasteiger partial charge in [0.15, 0.2) is 28.3 Å². The molecule has 1 aliphatic carbocycles. The molecule has 0 N–H and O–H groups in total. The van der Waals surface area contributed by atoms with Crippen molar-refractivity contribution in [1.29, 1.82) is 0 Å². The molecule has 0 atom stereocenters. The average Bonchev–Trinajstić information content (AvgIpc) is 3.48. The fourth-order valence-corrected chi connectivity index (χ4v) is 4.97. The van der Waals surface area contributed by atoms with Crippen LogP contribution in [0.1, 0.15) is 34.3 Å². The highest BCUT2D eigenvalue weighted by Crippen LogP contribution is 2.33. The summed E-state index contributed by atoms with van der Waals surface area (Å²) in [6.07, 6.45) is 4.15. The molecule has 0 spiro atoms. The minimum absolute atomic E-state index is 0.105. The first kappa shape index (κ1) is 23.3. The van der Waals surface area contributed by atoms with Crippen LogP contribution in [0.5, 0.6) is 11.5 Å². The molecular formula is C25H29N3O4S. The number of carbonyl (C=O) groups excluding carboxylic acids is 1. The summed E-state index contributed by atoms with van der Waals surface area (Å²) in [4.78, 5) is 12.9. The lowest BCUT2D eigenvalue weighted by atomic mass is 10.0. The van der Waals surface area contributed by atoms with E-state index in [2.05, 4.69) is 22.3 Å². The maximum Gasteiger partial charge on any atom is 0.191 e. The summed E-state index contributed by atoms with van der Waals surface area (Å²) in [5.74, 6) is 2.42. The Morgan fingerprint density at radius 1 is 1.00 bits per heavy atom. The van der Waals surface area contributed by atoms with Crippen molar-refractivity contribution in [2.45, 2.75) is 37.4 Å². The van der Waals surface area contributed by atoms with Crippen LogP contribution in [0.3, 0.4) is 0 Å². The number of hydrogen-bond acceptors (Lipinski definition) is 7. The van der Waals surface area contributed by atoms with Crippen molar-refractivity contribution in [3.63, 3.8) is 0 Å². The number of nitrogens with zero attached hydrogens (tertiary/aromatic N) is 3. The summed E-state index contributed by atoms with van der Waals surface area (Å²) in [6.45, 7) is 1.31. The van der Waals surface area contributed by atoms with Crippen molar-refractivity contribution in [2.75, 3.05) is 33.7 Å². The van der Waals surface area contributed by atoms with Gasteiger partial charge >= 0.3 is 0 Å². The summed E-state index contributed by atoms with van der Waals surface area (Å²) >= 11 is 1.42. The van der Waals surface area contributed by atoms with Crippen LogP contribution in [0.25, 0.3) is 11.4 Å². The van der Waals surface area contributed by atoms with Gasteiger partial charge in [0.1, 0.15) is 0 Å². The van der Waals surface area contributed by atoms with Crippen molar-refractivity contribution in [3.05, 3.63) is 53.1 Å². The molecule has 33 heavy (non-hydrogen) atoms. The van der Waals surface area contributed by atoms with Crippen molar-refractivity contribution in [1.82, 2.24) is 14.8 Å².